The number of hydrogen-bond acceptors (Lipinski definition) is 3. The van der Waals surface area contributed by atoms with Gasteiger partial charge in [0.15, 0.2) is 0 Å². The molecule has 0 aromatic heterocycles. The molecular weight excluding hydrogens is 400 g/mol. The molecule has 32 heavy (non-hydrogen) atoms. The highest BCUT2D eigenvalue weighted by molar-refractivity contribution is 6.23. The molecular formula is C27H36N2O3. The lowest BCUT2D eigenvalue weighted by molar-refractivity contribution is -0.140. The van der Waals surface area contributed by atoms with Crippen molar-refractivity contribution in [3.8, 4) is 0 Å². The summed E-state index contributed by atoms with van der Waals surface area (Å²) in [7, 11) is 0. The molecule has 1 atom stereocenters. The fourth-order valence-corrected chi connectivity index (χ4v) is 5.62. The van der Waals surface area contributed by atoms with Crippen LogP contribution in [0, 0.1) is 23.7 Å². The topological polar surface area (TPSA) is 57.7 Å². The molecule has 1 heterocycles. The predicted octanol–water partition coefficient (Wildman–Crippen LogP) is 5.03. The molecule has 1 aromatic carbocycles. The van der Waals surface area contributed by atoms with E-state index >= 15 is 0 Å². The Labute approximate surface area is 191 Å². The molecule has 4 rings (SSSR count). The number of carbonyl (C=O) groups is 3. The highest BCUT2D eigenvalue weighted by atomic mass is 16.2. The number of benzene rings is 1. The molecule has 0 radical (unpaired) electrons. The molecule has 172 valence electrons. The maximum absolute atomic E-state index is 13.8. The monoisotopic (exact) mass is 436 g/mol. The van der Waals surface area contributed by atoms with Gasteiger partial charge in [0.05, 0.1) is 12.1 Å². The zero-order chi connectivity index (χ0) is 23.3. The summed E-state index contributed by atoms with van der Waals surface area (Å²) in [5.74, 6) is -0.617. The summed E-state index contributed by atoms with van der Waals surface area (Å²) < 4.78 is 0. The number of anilines is 1. The van der Waals surface area contributed by atoms with E-state index in [0.717, 1.165) is 24.8 Å². The number of rotatable bonds is 6. The predicted molar refractivity (Wildman–Crippen MR) is 126 cm³/mol. The van der Waals surface area contributed by atoms with Crippen molar-refractivity contribution in [3.05, 3.63) is 41.5 Å². The third kappa shape index (κ3) is 3.80. The third-order valence-corrected chi connectivity index (χ3v) is 8.40. The van der Waals surface area contributed by atoms with Gasteiger partial charge in [0.25, 0.3) is 5.91 Å². The molecule has 0 N–H and O–H groups in total. The highest BCUT2D eigenvalue weighted by Crippen LogP contribution is 2.69. The van der Waals surface area contributed by atoms with Gasteiger partial charge in [-0.15, -0.1) is 0 Å². The SMILES string of the molecule is Cc1ccc(N2C(=O)CC(N(CCC3=CCCCC3)C(=O)C3C(C)(C)C3(C)C)C2=O)cc1. The molecule has 3 amide bonds. The lowest BCUT2D eigenvalue weighted by Gasteiger charge is -2.29. The Morgan fingerprint density at radius 2 is 1.72 bits per heavy atom. The van der Waals surface area contributed by atoms with Gasteiger partial charge in [-0.3, -0.25) is 14.4 Å². The summed E-state index contributed by atoms with van der Waals surface area (Å²) in [5.41, 5.74) is 2.79. The lowest BCUT2D eigenvalue weighted by atomic mass is 9.96. The lowest BCUT2D eigenvalue weighted by Crippen LogP contribution is -2.47. The van der Waals surface area contributed by atoms with Crippen molar-refractivity contribution in [3.63, 3.8) is 0 Å². The number of hydrogen-bond donors (Lipinski definition) is 0. The van der Waals surface area contributed by atoms with E-state index < -0.39 is 6.04 Å². The first-order valence-electron chi connectivity index (χ1n) is 12.0. The van der Waals surface area contributed by atoms with E-state index in [1.807, 2.05) is 19.1 Å². The van der Waals surface area contributed by atoms with Crippen LogP contribution in [0.2, 0.25) is 0 Å². The summed E-state index contributed by atoms with van der Waals surface area (Å²) in [6.07, 6.45) is 7.69. The van der Waals surface area contributed by atoms with Crippen molar-refractivity contribution in [2.45, 2.75) is 79.2 Å². The Bertz CT molecular complexity index is 944. The molecule has 5 nitrogen and oxygen atoms in total. The van der Waals surface area contributed by atoms with Crippen LogP contribution in [0.1, 0.15) is 71.8 Å². The Morgan fingerprint density at radius 1 is 1.06 bits per heavy atom. The number of amides is 3. The third-order valence-electron chi connectivity index (χ3n) is 8.40. The largest absolute Gasteiger partial charge is 0.330 e. The number of allylic oxidation sites excluding steroid dienone is 1. The van der Waals surface area contributed by atoms with Crippen molar-refractivity contribution < 1.29 is 14.4 Å². The van der Waals surface area contributed by atoms with E-state index in [0.29, 0.717) is 12.2 Å². The Kier molecular flexibility index (Phi) is 5.81. The van der Waals surface area contributed by atoms with Crippen molar-refractivity contribution >= 4 is 23.4 Å². The molecule has 5 heteroatoms. The van der Waals surface area contributed by atoms with E-state index in [-0.39, 0.29) is 40.9 Å². The molecule has 2 aliphatic carbocycles. The fourth-order valence-electron chi connectivity index (χ4n) is 5.62. The van der Waals surface area contributed by atoms with Crippen molar-refractivity contribution in [2.75, 3.05) is 11.4 Å². The van der Waals surface area contributed by atoms with Crippen molar-refractivity contribution in [2.24, 2.45) is 16.7 Å². The van der Waals surface area contributed by atoms with Crippen molar-refractivity contribution in [1.82, 2.24) is 4.90 Å². The van der Waals surface area contributed by atoms with Crippen LogP contribution >= 0.6 is 0 Å². The molecule has 1 aromatic rings. The van der Waals surface area contributed by atoms with Crippen molar-refractivity contribution in [1.29, 1.82) is 0 Å². The Balaban J connectivity index is 1.59. The summed E-state index contributed by atoms with van der Waals surface area (Å²) in [4.78, 5) is 43.1. The van der Waals surface area contributed by atoms with Crippen LogP contribution in [0.25, 0.3) is 0 Å². The van der Waals surface area contributed by atoms with Crippen LogP contribution in [0.15, 0.2) is 35.9 Å². The van der Waals surface area contributed by atoms with Crippen LogP contribution in [0.3, 0.4) is 0 Å². The van der Waals surface area contributed by atoms with E-state index in [1.54, 1.807) is 17.0 Å². The van der Waals surface area contributed by atoms with Crippen LogP contribution in [0.4, 0.5) is 5.69 Å². The van der Waals surface area contributed by atoms with E-state index in [2.05, 4.69) is 33.8 Å². The first kappa shape index (κ1) is 22.8. The van der Waals surface area contributed by atoms with E-state index in [1.165, 1.54) is 23.3 Å². The Hall–Kier alpha value is -2.43. The van der Waals surface area contributed by atoms with E-state index in [4.69, 9.17) is 0 Å². The zero-order valence-corrected chi connectivity index (χ0v) is 20.1. The van der Waals surface area contributed by atoms with Gasteiger partial charge in [-0.25, -0.2) is 4.90 Å². The molecule has 1 saturated carbocycles. The van der Waals surface area contributed by atoms with Gasteiger partial charge in [-0.05, 0) is 62.0 Å². The molecule has 2 fully saturated rings. The minimum Gasteiger partial charge on any atom is -0.330 e. The van der Waals surface area contributed by atoms with Crippen LogP contribution in [-0.2, 0) is 14.4 Å². The van der Waals surface area contributed by atoms with Gasteiger partial charge >= 0.3 is 0 Å². The average molecular weight is 437 g/mol. The Morgan fingerprint density at radius 3 is 2.28 bits per heavy atom. The van der Waals surface area contributed by atoms with Crippen LogP contribution < -0.4 is 4.90 Å². The maximum atomic E-state index is 13.8. The minimum absolute atomic E-state index is 0.0216. The molecule has 0 spiro atoms. The zero-order valence-electron chi connectivity index (χ0n) is 20.1. The minimum atomic E-state index is -0.715. The van der Waals surface area contributed by atoms with Gasteiger partial charge < -0.3 is 4.90 Å². The quantitative estimate of drug-likeness (QED) is 0.464. The number of aryl methyl sites for hydroxylation is 1. The summed E-state index contributed by atoms with van der Waals surface area (Å²) >= 11 is 0. The standard InChI is InChI=1S/C27H36N2O3/c1-18-11-13-20(14-12-18)29-22(30)17-21(24(29)31)28(16-15-19-9-7-6-8-10-19)25(32)23-26(2,3)27(23,4)5/h9,11-14,21,23H,6-8,10,15-17H2,1-5H3. The number of nitrogens with zero attached hydrogens (tertiary/aromatic N) is 2. The number of carbonyl (C=O) groups excluding carboxylic acids is 3. The van der Waals surface area contributed by atoms with Crippen LogP contribution in [-0.4, -0.2) is 35.2 Å². The smallest absolute Gasteiger partial charge is 0.257 e. The maximum Gasteiger partial charge on any atom is 0.257 e. The fraction of sp³-hybridized carbons (Fsp3) is 0.593. The molecule has 1 aliphatic heterocycles. The normalized spacial score (nSPS) is 24.5. The molecule has 1 saturated heterocycles. The highest BCUT2D eigenvalue weighted by Gasteiger charge is 2.69. The first-order valence-corrected chi connectivity index (χ1v) is 12.0. The summed E-state index contributed by atoms with van der Waals surface area (Å²) in [6, 6.07) is 6.69. The van der Waals surface area contributed by atoms with Gasteiger partial charge in [-0.2, -0.15) is 0 Å². The second kappa shape index (κ2) is 8.17. The molecule has 1 unspecified atom stereocenters. The van der Waals surface area contributed by atoms with Gasteiger partial charge in [0.1, 0.15) is 6.04 Å². The van der Waals surface area contributed by atoms with Crippen LogP contribution in [0.5, 0.6) is 0 Å². The van der Waals surface area contributed by atoms with E-state index in [9.17, 15) is 14.4 Å². The van der Waals surface area contributed by atoms with Gasteiger partial charge in [-0.1, -0.05) is 57.0 Å². The van der Waals surface area contributed by atoms with Gasteiger partial charge in [0.2, 0.25) is 11.8 Å². The second-order valence-electron chi connectivity index (χ2n) is 10.9. The average Bonchev–Trinajstić information content (AvgIpc) is 2.98. The molecule has 0 bridgehead atoms. The first-order chi connectivity index (χ1) is 15.1. The molecule has 3 aliphatic rings. The van der Waals surface area contributed by atoms with Gasteiger partial charge in [0, 0.05) is 12.5 Å². The summed E-state index contributed by atoms with van der Waals surface area (Å²) in [6.45, 7) is 11.0. The second-order valence-corrected chi connectivity index (χ2v) is 10.9. The summed E-state index contributed by atoms with van der Waals surface area (Å²) in [5, 5.41) is 0. The number of imide groups is 1.